The molecule has 1 heterocycles. The molecule has 0 aromatic heterocycles. The number of hydrogen-bond acceptors (Lipinski definition) is 3. The van der Waals surface area contributed by atoms with E-state index in [9.17, 15) is 9.59 Å². The number of nitrogens with one attached hydrogen (secondary N) is 1. The van der Waals surface area contributed by atoms with E-state index in [-0.39, 0.29) is 23.3 Å². The van der Waals surface area contributed by atoms with Gasteiger partial charge in [0.05, 0.1) is 6.10 Å². The maximum Gasteiger partial charge on any atom is 0.240 e. The highest BCUT2D eigenvalue weighted by molar-refractivity contribution is 5.89. The maximum absolute atomic E-state index is 12.5. The molecule has 2 aliphatic rings. The van der Waals surface area contributed by atoms with Gasteiger partial charge in [0.25, 0.3) is 0 Å². The van der Waals surface area contributed by atoms with Crippen molar-refractivity contribution >= 4 is 11.8 Å². The molecule has 5 nitrogen and oxygen atoms in total. The van der Waals surface area contributed by atoms with Crippen LogP contribution in [-0.4, -0.2) is 30.6 Å². The van der Waals surface area contributed by atoms with Crippen LogP contribution in [0.4, 0.5) is 0 Å². The Balaban J connectivity index is 1.60. The first kappa shape index (κ1) is 16.0. The Morgan fingerprint density at radius 2 is 2.09 bits per heavy atom. The maximum atomic E-state index is 12.5. The van der Waals surface area contributed by atoms with E-state index in [1.807, 2.05) is 30.3 Å². The van der Waals surface area contributed by atoms with Crippen LogP contribution in [0.15, 0.2) is 30.3 Å². The van der Waals surface area contributed by atoms with Gasteiger partial charge in [0.1, 0.15) is 6.04 Å². The van der Waals surface area contributed by atoms with Crippen molar-refractivity contribution in [2.75, 3.05) is 6.61 Å². The van der Waals surface area contributed by atoms with Crippen molar-refractivity contribution in [2.24, 2.45) is 17.1 Å². The summed E-state index contributed by atoms with van der Waals surface area (Å²) >= 11 is 0. The number of primary amides is 1. The van der Waals surface area contributed by atoms with Gasteiger partial charge < -0.3 is 15.8 Å². The van der Waals surface area contributed by atoms with Gasteiger partial charge in [-0.15, -0.1) is 0 Å². The van der Waals surface area contributed by atoms with Gasteiger partial charge in [-0.05, 0) is 37.2 Å². The Labute approximate surface area is 136 Å². The van der Waals surface area contributed by atoms with Crippen molar-refractivity contribution in [2.45, 2.75) is 44.8 Å². The predicted octanol–water partition coefficient (Wildman–Crippen LogP) is 1.40. The number of rotatable bonds is 5. The minimum atomic E-state index is -0.653. The average Bonchev–Trinajstić information content (AvgIpc) is 3.20. The second kappa shape index (κ2) is 6.32. The van der Waals surface area contributed by atoms with Gasteiger partial charge in [-0.2, -0.15) is 0 Å². The number of ether oxygens (including phenoxy) is 1. The molecule has 2 fully saturated rings. The van der Waals surface area contributed by atoms with Gasteiger partial charge in [-0.1, -0.05) is 30.3 Å². The second-order valence-electron chi connectivity index (χ2n) is 6.91. The summed E-state index contributed by atoms with van der Waals surface area (Å²) < 4.78 is 5.57. The third-order valence-corrected chi connectivity index (χ3v) is 5.15. The third-order valence-electron chi connectivity index (χ3n) is 5.15. The van der Waals surface area contributed by atoms with Crippen LogP contribution >= 0.6 is 0 Å². The van der Waals surface area contributed by atoms with Gasteiger partial charge in [0.15, 0.2) is 0 Å². The summed E-state index contributed by atoms with van der Waals surface area (Å²) in [7, 11) is 0. The van der Waals surface area contributed by atoms with Gasteiger partial charge in [0, 0.05) is 18.9 Å². The largest absolute Gasteiger partial charge is 0.378 e. The highest BCUT2D eigenvalue weighted by Gasteiger charge is 2.59. The fourth-order valence-electron chi connectivity index (χ4n) is 3.76. The lowest BCUT2D eigenvalue weighted by atomic mass is 9.90. The molecule has 5 heteroatoms. The van der Waals surface area contributed by atoms with Crippen LogP contribution in [-0.2, 0) is 20.7 Å². The molecule has 1 aromatic carbocycles. The van der Waals surface area contributed by atoms with Crippen molar-refractivity contribution in [1.29, 1.82) is 0 Å². The van der Waals surface area contributed by atoms with Crippen molar-refractivity contribution in [3.05, 3.63) is 35.9 Å². The summed E-state index contributed by atoms with van der Waals surface area (Å²) in [4.78, 5) is 24.2. The Hall–Kier alpha value is -1.88. The first-order chi connectivity index (χ1) is 11.0. The monoisotopic (exact) mass is 316 g/mol. The molecule has 1 spiro atoms. The van der Waals surface area contributed by atoms with Crippen molar-refractivity contribution in [1.82, 2.24) is 5.32 Å². The molecule has 23 heavy (non-hydrogen) atoms. The number of hydrogen-bond donors (Lipinski definition) is 2. The molecule has 0 bridgehead atoms. The van der Waals surface area contributed by atoms with E-state index in [1.54, 1.807) is 0 Å². The molecular formula is C18H24N2O3. The lowest BCUT2D eigenvalue weighted by Gasteiger charge is -2.28. The summed E-state index contributed by atoms with van der Waals surface area (Å²) in [5.74, 6) is -0.539. The van der Waals surface area contributed by atoms with Crippen LogP contribution in [0.25, 0.3) is 0 Å². The zero-order valence-corrected chi connectivity index (χ0v) is 13.5. The molecule has 1 aromatic rings. The molecule has 0 radical (unpaired) electrons. The van der Waals surface area contributed by atoms with Crippen LogP contribution in [0.1, 0.15) is 31.7 Å². The fraction of sp³-hybridized carbons (Fsp3) is 0.556. The Morgan fingerprint density at radius 1 is 1.35 bits per heavy atom. The van der Waals surface area contributed by atoms with E-state index in [0.29, 0.717) is 13.0 Å². The first-order valence-corrected chi connectivity index (χ1v) is 8.25. The van der Waals surface area contributed by atoms with Gasteiger partial charge in [0.2, 0.25) is 11.8 Å². The fourth-order valence-corrected chi connectivity index (χ4v) is 3.76. The van der Waals surface area contributed by atoms with E-state index < -0.39 is 11.9 Å². The molecule has 1 aliphatic carbocycles. The molecule has 1 aliphatic heterocycles. The number of carbonyl (C=O) groups excluding carboxylic acids is 2. The molecule has 4 atom stereocenters. The molecule has 1 saturated heterocycles. The van der Waals surface area contributed by atoms with Gasteiger partial charge in [-0.3, -0.25) is 9.59 Å². The molecule has 2 amide bonds. The Kier molecular flexibility index (Phi) is 4.39. The predicted molar refractivity (Wildman–Crippen MR) is 86.5 cm³/mol. The van der Waals surface area contributed by atoms with Crippen LogP contribution < -0.4 is 11.1 Å². The number of amides is 2. The minimum Gasteiger partial charge on any atom is -0.378 e. The molecule has 3 N–H and O–H groups in total. The van der Waals surface area contributed by atoms with Crippen LogP contribution in [0.5, 0.6) is 0 Å². The number of nitrogens with two attached hydrogens (primary N) is 1. The van der Waals surface area contributed by atoms with E-state index in [4.69, 9.17) is 10.5 Å². The van der Waals surface area contributed by atoms with Crippen LogP contribution in [0, 0.1) is 11.3 Å². The second-order valence-corrected chi connectivity index (χ2v) is 6.91. The lowest BCUT2D eigenvalue weighted by Crippen LogP contribution is -2.47. The Morgan fingerprint density at radius 3 is 2.74 bits per heavy atom. The third kappa shape index (κ3) is 3.55. The van der Waals surface area contributed by atoms with Crippen LogP contribution in [0.3, 0.4) is 0 Å². The van der Waals surface area contributed by atoms with Crippen molar-refractivity contribution < 1.29 is 14.3 Å². The van der Waals surface area contributed by atoms with Crippen molar-refractivity contribution in [3.63, 3.8) is 0 Å². The van der Waals surface area contributed by atoms with E-state index >= 15 is 0 Å². The highest BCUT2D eigenvalue weighted by Crippen LogP contribution is 2.60. The lowest BCUT2D eigenvalue weighted by molar-refractivity contribution is -0.129. The number of carbonyl (C=O) groups is 2. The topological polar surface area (TPSA) is 81.4 Å². The smallest absolute Gasteiger partial charge is 0.240 e. The standard InChI is InChI=1S/C18H24N2O3/c1-12-10-18(7-8-23-12)11-14(18)17(22)20-15(16(19)21)9-13-5-3-2-4-6-13/h2-6,12,14-15H,7-11H2,1H3,(H2,19,21)(H,20,22). The van der Waals surface area contributed by atoms with E-state index in [0.717, 1.165) is 24.8 Å². The van der Waals surface area contributed by atoms with Crippen molar-refractivity contribution in [3.8, 4) is 0 Å². The zero-order valence-electron chi connectivity index (χ0n) is 13.5. The SMILES string of the molecule is CC1CC2(CCO1)CC2C(=O)NC(Cc1ccccc1)C(N)=O. The van der Waals surface area contributed by atoms with Crippen LogP contribution in [0.2, 0.25) is 0 Å². The molecule has 4 unspecified atom stereocenters. The molecule has 3 rings (SSSR count). The minimum absolute atomic E-state index is 0.00790. The Bertz CT molecular complexity index is 589. The van der Waals surface area contributed by atoms with Gasteiger partial charge >= 0.3 is 0 Å². The molecular weight excluding hydrogens is 292 g/mol. The van der Waals surface area contributed by atoms with E-state index in [1.165, 1.54) is 0 Å². The first-order valence-electron chi connectivity index (χ1n) is 8.25. The summed E-state index contributed by atoms with van der Waals surface area (Å²) in [6.07, 6.45) is 3.38. The average molecular weight is 316 g/mol. The van der Waals surface area contributed by atoms with E-state index in [2.05, 4.69) is 12.2 Å². The highest BCUT2D eigenvalue weighted by atomic mass is 16.5. The molecule has 124 valence electrons. The number of benzene rings is 1. The normalized spacial score (nSPS) is 30.7. The summed E-state index contributed by atoms with van der Waals surface area (Å²) in [6, 6.07) is 8.95. The summed E-state index contributed by atoms with van der Waals surface area (Å²) in [5, 5.41) is 2.86. The molecule has 1 saturated carbocycles. The zero-order chi connectivity index (χ0) is 16.4. The van der Waals surface area contributed by atoms with Gasteiger partial charge in [-0.25, -0.2) is 0 Å². The summed E-state index contributed by atoms with van der Waals surface area (Å²) in [5.41, 5.74) is 6.54. The quantitative estimate of drug-likeness (QED) is 0.861. The summed E-state index contributed by atoms with van der Waals surface area (Å²) in [6.45, 7) is 2.77.